The average Bonchev–Trinajstić information content (AvgIpc) is 3.56. The zero-order chi connectivity index (χ0) is 43.1. The molecule has 0 aliphatic heterocycles. The van der Waals surface area contributed by atoms with Crippen molar-refractivity contribution in [2.24, 2.45) is 11.8 Å². The first-order valence-corrected chi connectivity index (χ1v) is 22.7. The Morgan fingerprint density at radius 1 is 0.952 bits per heavy atom. The summed E-state index contributed by atoms with van der Waals surface area (Å²) >= 11 is 6.32. The van der Waals surface area contributed by atoms with Crippen molar-refractivity contribution in [3.05, 3.63) is 131 Å². The number of ether oxygens (including phenoxy) is 2. The van der Waals surface area contributed by atoms with Crippen LogP contribution in [0, 0.1) is 11.8 Å². The molecule has 2 aromatic heterocycles. The third-order valence-corrected chi connectivity index (χ3v) is 13.8. The van der Waals surface area contributed by atoms with E-state index >= 15 is 0 Å². The number of anilines is 1. The Labute approximate surface area is 370 Å². The number of nitrogens with zero attached hydrogens (tertiary/aromatic N) is 3. The molecule has 10 nitrogen and oxygen atoms in total. The van der Waals surface area contributed by atoms with Crippen LogP contribution in [0.15, 0.2) is 97.7 Å². The number of carboxylic acids is 1. The van der Waals surface area contributed by atoms with Gasteiger partial charge in [-0.2, -0.15) is 0 Å². The number of pyridine rings is 1. The number of hydrogen-bond acceptors (Lipinski definition) is 8. The minimum Gasteiger partial charge on any atom is -0.494 e. The first kappa shape index (κ1) is 43.2. The van der Waals surface area contributed by atoms with Crippen molar-refractivity contribution in [3.63, 3.8) is 0 Å². The summed E-state index contributed by atoms with van der Waals surface area (Å²) in [6.07, 6.45) is 16.5. The summed E-state index contributed by atoms with van der Waals surface area (Å²) in [4.78, 5) is 38.8. The number of rotatable bonds is 17. The fourth-order valence-corrected chi connectivity index (χ4v) is 10.6. The molecule has 3 atom stereocenters. The number of nitrogens with one attached hydrogen (secondary N) is 2. The number of hydrogen-bond donors (Lipinski definition) is 3. The van der Waals surface area contributed by atoms with Crippen molar-refractivity contribution < 1.29 is 24.2 Å². The van der Waals surface area contributed by atoms with Crippen molar-refractivity contribution in [2.75, 3.05) is 25.1 Å². The average molecular weight is 857 g/mol. The van der Waals surface area contributed by atoms with E-state index in [1.807, 2.05) is 48.7 Å². The summed E-state index contributed by atoms with van der Waals surface area (Å²) in [5.74, 6) is 2.01. The first-order chi connectivity index (χ1) is 30.1. The molecule has 2 heterocycles. The highest BCUT2D eigenvalue weighted by Gasteiger charge is 2.54. The van der Waals surface area contributed by atoms with Gasteiger partial charge >= 0.3 is 5.97 Å². The number of aliphatic carboxylic acids is 1. The van der Waals surface area contributed by atoms with Gasteiger partial charge in [-0.15, -0.1) is 0 Å². The smallest absolute Gasteiger partial charge is 0.329 e. The molecule has 1 amide bonds. The number of halogens is 1. The first-order valence-electron chi connectivity index (χ1n) is 22.4. The molecule has 62 heavy (non-hydrogen) atoms. The molecular weight excluding hydrogens is 798 g/mol. The largest absolute Gasteiger partial charge is 0.494 e. The topological polar surface area (TPSA) is 136 Å². The molecule has 3 N–H and O–H groups in total. The second kappa shape index (κ2) is 19.3. The minimum absolute atomic E-state index is 0.0141. The molecule has 0 unspecified atom stereocenters. The number of carboxylic acid groups (broad SMARTS) is 1. The standard InChI is InChI=1S/C51H58ClN5O5/c1-34(32-62-46-16-22-55-45-13-5-8-35(2)48(45)46)24-40-27-38-14-15-43(29-44(38)50(40)17-19-51(20-18-50,49(59)60)57-42-12-7-11-41(52)28-42)61-23-4-3-21-56-47(58)26-36-9-6-10-37(25-36)39-30-53-33-54-31-39/h6-7,9-12,14-16,22,25,28-31,33-35,40,57H,3-5,8,13,17-21,23-24,26-27,32H2,1-2H3,(H,56,58)(H,59,60)/t34-,35-,40+,50?,51?/m1/s1. The zero-order valence-corrected chi connectivity index (χ0v) is 36.6. The van der Waals surface area contributed by atoms with Gasteiger partial charge in [0.05, 0.1) is 19.6 Å². The maximum atomic E-state index is 13.1. The van der Waals surface area contributed by atoms with Gasteiger partial charge in [0.2, 0.25) is 5.91 Å². The maximum absolute atomic E-state index is 13.1. The Balaban J connectivity index is 0.907. The molecule has 3 aliphatic rings. The third-order valence-electron chi connectivity index (χ3n) is 13.6. The molecule has 0 bridgehead atoms. The van der Waals surface area contributed by atoms with Crippen LogP contribution in [0.1, 0.15) is 106 Å². The molecule has 1 spiro atoms. The molecular formula is C51H58ClN5O5. The quantitative estimate of drug-likeness (QED) is 0.0781. The fraction of sp³-hybridized carbons (Fsp3) is 0.431. The SMILES string of the molecule is C[C@@H](COc1ccnc2c1[C@H](C)CCC2)C[C@H]1Cc2ccc(OCCCCNC(=O)Cc3cccc(-c4cncnc4)c3)cc2C12CCC(Nc1cccc(Cl)c1)(C(=O)O)CC2. The summed E-state index contributed by atoms with van der Waals surface area (Å²) in [5.41, 5.74) is 7.33. The van der Waals surface area contributed by atoms with E-state index in [0.29, 0.717) is 55.9 Å². The van der Waals surface area contributed by atoms with Gasteiger partial charge in [0.25, 0.3) is 0 Å². The Morgan fingerprint density at radius 2 is 1.77 bits per heavy atom. The van der Waals surface area contributed by atoms with Crippen LogP contribution in [0.2, 0.25) is 5.02 Å². The second-order valence-corrected chi connectivity index (χ2v) is 18.4. The van der Waals surface area contributed by atoms with Crippen LogP contribution in [0.3, 0.4) is 0 Å². The highest BCUT2D eigenvalue weighted by atomic mass is 35.5. The molecule has 0 saturated heterocycles. The fourth-order valence-electron chi connectivity index (χ4n) is 10.4. The molecule has 11 heteroatoms. The van der Waals surface area contributed by atoms with Gasteiger partial charge in [0.1, 0.15) is 23.4 Å². The molecule has 324 valence electrons. The van der Waals surface area contributed by atoms with E-state index in [1.165, 1.54) is 35.1 Å². The predicted molar refractivity (Wildman–Crippen MR) is 243 cm³/mol. The minimum atomic E-state index is -1.10. The van der Waals surface area contributed by atoms with Gasteiger partial charge < -0.3 is 25.2 Å². The number of fused-ring (bicyclic) bond motifs is 3. The van der Waals surface area contributed by atoms with Gasteiger partial charge in [-0.25, -0.2) is 14.8 Å². The summed E-state index contributed by atoms with van der Waals surface area (Å²) in [6.45, 7) is 6.29. The Kier molecular flexibility index (Phi) is 13.4. The number of aromatic nitrogens is 3. The molecule has 5 aromatic rings. The zero-order valence-electron chi connectivity index (χ0n) is 35.9. The van der Waals surface area contributed by atoms with Gasteiger partial charge in [-0.05, 0) is 152 Å². The van der Waals surface area contributed by atoms with Crippen LogP contribution in [0.25, 0.3) is 11.1 Å². The van der Waals surface area contributed by atoms with Crippen LogP contribution < -0.4 is 20.1 Å². The van der Waals surface area contributed by atoms with Crippen LogP contribution in [-0.2, 0) is 34.3 Å². The van der Waals surface area contributed by atoms with Crippen LogP contribution in [-0.4, -0.2) is 57.2 Å². The van der Waals surface area contributed by atoms with E-state index in [0.717, 1.165) is 85.2 Å². The maximum Gasteiger partial charge on any atom is 0.329 e. The Hall–Kier alpha value is -5.48. The molecule has 1 saturated carbocycles. The Bertz CT molecular complexity index is 2350. The summed E-state index contributed by atoms with van der Waals surface area (Å²) in [6, 6.07) is 23.8. The van der Waals surface area contributed by atoms with E-state index in [1.54, 1.807) is 24.5 Å². The van der Waals surface area contributed by atoms with Gasteiger partial charge in [-0.3, -0.25) is 9.78 Å². The molecule has 1 fully saturated rings. The van der Waals surface area contributed by atoms with Gasteiger partial charge in [0, 0.05) is 52.7 Å². The molecule has 3 aliphatic carbocycles. The van der Waals surface area contributed by atoms with Crippen LogP contribution in [0.5, 0.6) is 11.5 Å². The van der Waals surface area contributed by atoms with E-state index in [2.05, 4.69) is 57.6 Å². The molecule has 0 radical (unpaired) electrons. The lowest BCUT2D eigenvalue weighted by atomic mass is 9.59. The number of aryl methyl sites for hydroxylation is 1. The summed E-state index contributed by atoms with van der Waals surface area (Å²) in [7, 11) is 0. The van der Waals surface area contributed by atoms with Crippen LogP contribution >= 0.6 is 11.6 Å². The lowest BCUT2D eigenvalue weighted by Gasteiger charge is -2.47. The van der Waals surface area contributed by atoms with Crippen molar-refractivity contribution >= 4 is 29.2 Å². The van der Waals surface area contributed by atoms with Crippen molar-refractivity contribution in [2.45, 2.75) is 108 Å². The van der Waals surface area contributed by atoms with E-state index in [9.17, 15) is 14.7 Å². The van der Waals surface area contributed by atoms with Gasteiger partial charge in [0.15, 0.2) is 0 Å². The number of benzene rings is 3. The van der Waals surface area contributed by atoms with Gasteiger partial charge in [-0.1, -0.05) is 61.8 Å². The number of carbonyl (C=O) groups is 2. The van der Waals surface area contributed by atoms with E-state index in [-0.39, 0.29) is 17.2 Å². The number of carbonyl (C=O) groups excluding carboxylic acids is 1. The lowest BCUT2D eigenvalue weighted by molar-refractivity contribution is -0.144. The second-order valence-electron chi connectivity index (χ2n) is 17.9. The number of amides is 1. The monoisotopic (exact) mass is 855 g/mol. The normalized spacial score (nSPS) is 22.0. The molecule has 3 aromatic carbocycles. The van der Waals surface area contributed by atoms with Crippen molar-refractivity contribution in [3.8, 4) is 22.6 Å². The predicted octanol–water partition coefficient (Wildman–Crippen LogP) is 10.2. The third kappa shape index (κ3) is 9.76. The van der Waals surface area contributed by atoms with Crippen LogP contribution in [0.4, 0.5) is 5.69 Å². The molecule has 8 rings (SSSR count). The highest BCUT2D eigenvalue weighted by molar-refractivity contribution is 6.30. The Morgan fingerprint density at radius 3 is 2.58 bits per heavy atom. The highest BCUT2D eigenvalue weighted by Crippen LogP contribution is 2.57. The summed E-state index contributed by atoms with van der Waals surface area (Å²) in [5, 5.41) is 17.8. The van der Waals surface area contributed by atoms with Crippen molar-refractivity contribution in [1.82, 2.24) is 20.3 Å². The summed E-state index contributed by atoms with van der Waals surface area (Å²) < 4.78 is 13.0. The lowest BCUT2D eigenvalue weighted by Crippen LogP contribution is -2.53. The van der Waals surface area contributed by atoms with Crippen molar-refractivity contribution in [1.29, 1.82) is 0 Å². The van der Waals surface area contributed by atoms with E-state index in [4.69, 9.17) is 21.1 Å². The number of unbranched alkanes of at least 4 members (excludes halogenated alkanes) is 1. The van der Waals surface area contributed by atoms with E-state index < -0.39 is 11.5 Å².